The summed E-state index contributed by atoms with van der Waals surface area (Å²) in [6.07, 6.45) is 0. The van der Waals surface area contributed by atoms with Gasteiger partial charge in [0.25, 0.3) is 0 Å². The van der Waals surface area contributed by atoms with Gasteiger partial charge >= 0.3 is 6.03 Å². The molecule has 0 saturated carbocycles. The second kappa shape index (κ2) is 9.22. The summed E-state index contributed by atoms with van der Waals surface area (Å²) in [7, 11) is 0. The highest BCUT2D eigenvalue weighted by Gasteiger charge is 2.24. The van der Waals surface area contributed by atoms with Crippen molar-refractivity contribution in [3.63, 3.8) is 0 Å². The fourth-order valence-electron chi connectivity index (χ4n) is 3.45. The molecule has 0 saturated heterocycles. The quantitative estimate of drug-likeness (QED) is 0.429. The van der Waals surface area contributed by atoms with Crippen molar-refractivity contribution in [2.75, 3.05) is 18.5 Å². The summed E-state index contributed by atoms with van der Waals surface area (Å²) in [4.78, 5) is 12.9. The lowest BCUT2D eigenvalue weighted by molar-refractivity contribution is 0.171. The van der Waals surface area contributed by atoms with Crippen molar-refractivity contribution in [1.82, 2.24) is 15.5 Å². The van der Waals surface area contributed by atoms with Crippen LogP contribution in [0.2, 0.25) is 5.02 Å². The molecule has 166 valence electrons. The Morgan fingerprint density at radius 1 is 0.909 bits per heavy atom. The molecule has 0 bridgehead atoms. The van der Waals surface area contributed by atoms with Gasteiger partial charge < -0.3 is 24.5 Å². The first-order chi connectivity index (χ1) is 16.2. The Bertz CT molecular complexity index is 1280. The summed E-state index contributed by atoms with van der Waals surface area (Å²) in [5, 5.41) is 14.5. The molecule has 0 aliphatic carbocycles. The summed E-state index contributed by atoms with van der Waals surface area (Å²) >= 11 is 6.26. The molecule has 0 fully saturated rings. The molecule has 1 aliphatic heterocycles. The predicted molar refractivity (Wildman–Crippen MR) is 123 cm³/mol. The molecule has 8 nitrogen and oxygen atoms in total. The highest BCUT2D eigenvalue weighted by Crippen LogP contribution is 2.33. The van der Waals surface area contributed by atoms with Crippen LogP contribution in [0.15, 0.2) is 77.2 Å². The van der Waals surface area contributed by atoms with Gasteiger partial charge in [0.15, 0.2) is 11.5 Å². The first-order valence-electron chi connectivity index (χ1n) is 10.3. The van der Waals surface area contributed by atoms with E-state index in [0.29, 0.717) is 41.0 Å². The summed E-state index contributed by atoms with van der Waals surface area (Å²) in [6, 6.07) is 20.6. The molecule has 5 rings (SSSR count). The number of fused-ring (bicyclic) bond motifs is 1. The highest BCUT2D eigenvalue weighted by molar-refractivity contribution is 6.33. The normalized spacial score (nSPS) is 13.2. The van der Waals surface area contributed by atoms with Gasteiger partial charge in [0.1, 0.15) is 19.3 Å². The Labute approximate surface area is 194 Å². The fourth-order valence-corrected chi connectivity index (χ4v) is 3.66. The summed E-state index contributed by atoms with van der Waals surface area (Å²) in [6.45, 7) is 0.961. The first kappa shape index (κ1) is 20.8. The highest BCUT2D eigenvalue weighted by atomic mass is 35.5. The third-order valence-corrected chi connectivity index (χ3v) is 5.33. The molecule has 1 aliphatic rings. The van der Waals surface area contributed by atoms with Crippen LogP contribution >= 0.6 is 11.6 Å². The third-order valence-electron chi connectivity index (χ3n) is 5.00. The Morgan fingerprint density at radius 3 is 2.48 bits per heavy atom. The van der Waals surface area contributed by atoms with Crippen LogP contribution in [0.1, 0.15) is 17.5 Å². The number of nitrogens with one attached hydrogen (secondary N) is 2. The van der Waals surface area contributed by atoms with Crippen LogP contribution in [0.4, 0.5) is 10.5 Å². The number of aromatic nitrogens is 2. The zero-order chi connectivity index (χ0) is 22.6. The molecule has 2 N–H and O–H groups in total. The molecule has 2 heterocycles. The number of urea groups is 1. The monoisotopic (exact) mass is 462 g/mol. The van der Waals surface area contributed by atoms with E-state index < -0.39 is 12.1 Å². The standard InChI is InChI=1S/C24H19ClN4O4/c25-18-9-5-4-8-17(18)22-28-29-23(33-22)21(15-6-2-1-3-7-15)27-24(30)26-16-10-11-19-20(14-16)32-13-12-31-19/h1-11,14,21H,12-13H2,(H2,26,27,30)/t21-/m0/s1. The van der Waals surface area contributed by atoms with Gasteiger partial charge in [0.2, 0.25) is 11.8 Å². The van der Waals surface area contributed by atoms with E-state index in [2.05, 4.69) is 20.8 Å². The SMILES string of the molecule is O=C(Nc1ccc2c(c1)OCCO2)N[C@@H](c1ccccc1)c1nnc(-c2ccccc2Cl)o1. The van der Waals surface area contributed by atoms with Crippen LogP contribution in [-0.4, -0.2) is 29.4 Å². The van der Waals surface area contributed by atoms with Gasteiger partial charge in [0, 0.05) is 11.8 Å². The van der Waals surface area contributed by atoms with Gasteiger partial charge in [-0.2, -0.15) is 0 Å². The number of halogens is 1. The van der Waals surface area contributed by atoms with Crippen LogP contribution in [0.5, 0.6) is 11.5 Å². The van der Waals surface area contributed by atoms with Crippen molar-refractivity contribution in [1.29, 1.82) is 0 Å². The van der Waals surface area contributed by atoms with E-state index >= 15 is 0 Å². The molecular formula is C24H19ClN4O4. The number of anilines is 1. The van der Waals surface area contributed by atoms with Crippen molar-refractivity contribution in [3.8, 4) is 23.0 Å². The number of hydrogen-bond donors (Lipinski definition) is 2. The molecule has 0 spiro atoms. The van der Waals surface area contributed by atoms with Gasteiger partial charge in [-0.3, -0.25) is 0 Å². The average molecular weight is 463 g/mol. The van der Waals surface area contributed by atoms with E-state index in [-0.39, 0.29) is 11.8 Å². The van der Waals surface area contributed by atoms with Gasteiger partial charge in [-0.15, -0.1) is 10.2 Å². The summed E-state index contributed by atoms with van der Waals surface area (Å²) < 4.78 is 17.0. The number of nitrogens with zero attached hydrogens (tertiary/aromatic N) is 2. The molecule has 33 heavy (non-hydrogen) atoms. The minimum Gasteiger partial charge on any atom is -0.486 e. The van der Waals surface area contributed by atoms with Crippen molar-refractivity contribution >= 4 is 23.3 Å². The number of benzene rings is 3. The molecule has 9 heteroatoms. The molecule has 1 atom stereocenters. The number of carbonyl (C=O) groups excluding carboxylic acids is 1. The topological polar surface area (TPSA) is 98.5 Å². The van der Waals surface area contributed by atoms with Gasteiger partial charge in [-0.1, -0.05) is 54.1 Å². The molecule has 4 aromatic rings. The minimum absolute atomic E-state index is 0.230. The molecule has 0 unspecified atom stereocenters. The molecule has 0 radical (unpaired) electrons. The fraction of sp³-hybridized carbons (Fsp3) is 0.125. The molecule has 1 aromatic heterocycles. The van der Waals surface area contributed by atoms with Gasteiger partial charge in [0.05, 0.1) is 10.6 Å². The first-order valence-corrected chi connectivity index (χ1v) is 10.7. The zero-order valence-corrected chi connectivity index (χ0v) is 18.1. The maximum absolute atomic E-state index is 12.9. The van der Waals surface area contributed by atoms with Gasteiger partial charge in [-0.05, 0) is 29.8 Å². The second-order valence-corrected chi connectivity index (χ2v) is 7.63. The lowest BCUT2D eigenvalue weighted by atomic mass is 10.1. The lowest BCUT2D eigenvalue weighted by Gasteiger charge is -2.20. The molecular weight excluding hydrogens is 444 g/mol. The Hall–Kier alpha value is -4.04. The maximum atomic E-state index is 12.9. The van der Waals surface area contributed by atoms with Crippen LogP contribution in [0, 0.1) is 0 Å². The lowest BCUT2D eigenvalue weighted by Crippen LogP contribution is -2.33. The molecule has 2 amide bonds. The van der Waals surface area contributed by atoms with Crippen LogP contribution in [0.25, 0.3) is 11.5 Å². The van der Waals surface area contributed by atoms with Crippen molar-refractivity contribution in [2.24, 2.45) is 0 Å². The number of carbonyl (C=O) groups is 1. The maximum Gasteiger partial charge on any atom is 0.320 e. The summed E-state index contributed by atoms with van der Waals surface area (Å²) in [5.74, 6) is 1.73. The van der Waals surface area contributed by atoms with Gasteiger partial charge in [-0.25, -0.2) is 4.79 Å². The Morgan fingerprint density at radius 2 is 1.67 bits per heavy atom. The van der Waals surface area contributed by atoms with Crippen LogP contribution in [-0.2, 0) is 0 Å². The summed E-state index contributed by atoms with van der Waals surface area (Å²) in [5.41, 5.74) is 1.96. The zero-order valence-electron chi connectivity index (χ0n) is 17.3. The minimum atomic E-state index is -0.674. The molecule has 3 aromatic carbocycles. The number of ether oxygens (including phenoxy) is 2. The predicted octanol–water partition coefficient (Wildman–Crippen LogP) is 5.07. The van der Waals surface area contributed by atoms with Crippen LogP contribution < -0.4 is 20.1 Å². The Balaban J connectivity index is 1.39. The van der Waals surface area contributed by atoms with Crippen molar-refractivity contribution in [3.05, 3.63) is 89.3 Å². The van der Waals surface area contributed by atoms with Crippen molar-refractivity contribution < 1.29 is 18.7 Å². The van der Waals surface area contributed by atoms with E-state index in [1.54, 1.807) is 30.3 Å². The second-order valence-electron chi connectivity index (χ2n) is 7.23. The largest absolute Gasteiger partial charge is 0.486 e. The third kappa shape index (κ3) is 4.61. The van der Waals surface area contributed by atoms with Crippen LogP contribution in [0.3, 0.4) is 0 Å². The van der Waals surface area contributed by atoms with E-state index in [0.717, 1.165) is 5.56 Å². The average Bonchev–Trinajstić information content (AvgIpc) is 3.33. The van der Waals surface area contributed by atoms with Crippen molar-refractivity contribution in [2.45, 2.75) is 6.04 Å². The van der Waals surface area contributed by atoms with E-state index in [1.165, 1.54) is 0 Å². The number of amides is 2. The van der Waals surface area contributed by atoms with E-state index in [1.807, 2.05) is 42.5 Å². The van der Waals surface area contributed by atoms with E-state index in [4.69, 9.17) is 25.5 Å². The van der Waals surface area contributed by atoms with E-state index in [9.17, 15) is 4.79 Å². The smallest absolute Gasteiger partial charge is 0.320 e. The number of hydrogen-bond acceptors (Lipinski definition) is 6. The number of rotatable bonds is 5. The Kier molecular flexibility index (Phi) is 5.82.